The van der Waals surface area contributed by atoms with E-state index < -0.39 is 11.6 Å². The van der Waals surface area contributed by atoms with Crippen LogP contribution in [0.25, 0.3) is 0 Å². The molecule has 0 bridgehead atoms. The van der Waals surface area contributed by atoms with Crippen molar-refractivity contribution < 1.29 is 23.8 Å². The molecule has 0 saturated heterocycles. The van der Waals surface area contributed by atoms with E-state index in [2.05, 4.69) is 6.92 Å². The minimum atomic E-state index is -0.513. The first-order valence-electron chi connectivity index (χ1n) is 11.8. The lowest BCUT2D eigenvalue weighted by molar-refractivity contribution is -0.161. The summed E-state index contributed by atoms with van der Waals surface area (Å²) in [5, 5.41) is 0. The van der Waals surface area contributed by atoms with Crippen LogP contribution in [0.4, 0.5) is 0 Å². The fraction of sp³-hybridized carbons (Fsp3) is 0.917. The third-order valence-corrected chi connectivity index (χ3v) is 4.62. The van der Waals surface area contributed by atoms with Gasteiger partial charge in [-0.3, -0.25) is 4.79 Å². The third kappa shape index (κ3) is 23.0. The fourth-order valence-corrected chi connectivity index (χ4v) is 3.10. The Bertz CT molecular complexity index is 401. The number of rotatable bonds is 19. The van der Waals surface area contributed by atoms with E-state index in [-0.39, 0.29) is 25.8 Å². The van der Waals surface area contributed by atoms with Crippen LogP contribution in [0.2, 0.25) is 0 Å². The molecule has 0 aliphatic heterocycles. The highest BCUT2D eigenvalue weighted by molar-refractivity contribution is 5.71. The lowest BCUT2D eigenvalue weighted by Gasteiger charge is -2.19. The van der Waals surface area contributed by atoms with Gasteiger partial charge in [-0.1, -0.05) is 84.0 Å². The Balaban J connectivity index is 3.29. The smallest absolute Gasteiger partial charge is 0.332 e. The number of hydrogen-bond acceptors (Lipinski definition) is 5. The average Bonchev–Trinajstić information content (AvgIpc) is 2.63. The zero-order chi connectivity index (χ0) is 21.8. The monoisotopic (exact) mass is 414 g/mol. The van der Waals surface area contributed by atoms with Gasteiger partial charge in [-0.25, -0.2) is 4.79 Å². The van der Waals surface area contributed by atoms with Crippen LogP contribution in [-0.2, 0) is 23.8 Å². The van der Waals surface area contributed by atoms with E-state index in [0.29, 0.717) is 6.42 Å². The molecule has 0 amide bonds. The van der Waals surface area contributed by atoms with Crippen molar-refractivity contribution >= 4 is 11.9 Å². The minimum absolute atomic E-state index is 0.117. The summed E-state index contributed by atoms with van der Waals surface area (Å²) in [6.07, 6.45) is 17.2. The Hall–Kier alpha value is -1.10. The van der Waals surface area contributed by atoms with Crippen LogP contribution < -0.4 is 0 Å². The van der Waals surface area contributed by atoms with Crippen molar-refractivity contribution in [1.29, 1.82) is 0 Å². The molecule has 0 unspecified atom stereocenters. The van der Waals surface area contributed by atoms with Crippen LogP contribution in [0.5, 0.6) is 0 Å². The number of carbonyl (C=O) groups is 2. The SMILES string of the molecule is CCCCCCCCCCCCCCCC(=O)OCCOCC(=O)OC(C)(C)C. The van der Waals surface area contributed by atoms with Gasteiger partial charge in [0.25, 0.3) is 0 Å². The number of unbranched alkanes of at least 4 members (excludes halogenated alkanes) is 12. The summed E-state index contributed by atoms with van der Waals surface area (Å²) in [4.78, 5) is 23.1. The van der Waals surface area contributed by atoms with E-state index in [1.54, 1.807) is 0 Å². The molecule has 0 aromatic heterocycles. The van der Waals surface area contributed by atoms with Gasteiger partial charge >= 0.3 is 11.9 Å². The third-order valence-electron chi connectivity index (χ3n) is 4.62. The molecule has 0 N–H and O–H groups in total. The maximum absolute atomic E-state index is 11.7. The van der Waals surface area contributed by atoms with Gasteiger partial charge in [0.15, 0.2) is 0 Å². The van der Waals surface area contributed by atoms with Crippen LogP contribution in [0.3, 0.4) is 0 Å². The van der Waals surface area contributed by atoms with E-state index in [1.165, 1.54) is 70.6 Å². The van der Waals surface area contributed by atoms with Gasteiger partial charge in [0, 0.05) is 6.42 Å². The molecule has 0 spiro atoms. The highest BCUT2D eigenvalue weighted by Gasteiger charge is 2.16. The summed E-state index contributed by atoms with van der Waals surface area (Å²) >= 11 is 0. The minimum Gasteiger partial charge on any atom is -0.463 e. The lowest BCUT2D eigenvalue weighted by atomic mass is 10.0. The van der Waals surface area contributed by atoms with Crippen molar-refractivity contribution in [3.05, 3.63) is 0 Å². The topological polar surface area (TPSA) is 61.8 Å². The Labute approximate surface area is 179 Å². The molecule has 0 fully saturated rings. The Morgan fingerprint density at radius 2 is 1.14 bits per heavy atom. The van der Waals surface area contributed by atoms with Gasteiger partial charge in [0.2, 0.25) is 0 Å². The quantitative estimate of drug-likeness (QED) is 0.181. The number of carbonyl (C=O) groups excluding carboxylic acids is 2. The number of hydrogen-bond donors (Lipinski definition) is 0. The van der Waals surface area contributed by atoms with Gasteiger partial charge in [-0.2, -0.15) is 0 Å². The van der Waals surface area contributed by atoms with Gasteiger partial charge in [-0.15, -0.1) is 0 Å². The average molecular weight is 415 g/mol. The largest absolute Gasteiger partial charge is 0.463 e. The Kier molecular flexibility index (Phi) is 18.2. The lowest BCUT2D eigenvalue weighted by Crippen LogP contribution is -2.27. The van der Waals surface area contributed by atoms with E-state index in [4.69, 9.17) is 14.2 Å². The maximum atomic E-state index is 11.7. The van der Waals surface area contributed by atoms with Crippen molar-refractivity contribution in [3.8, 4) is 0 Å². The van der Waals surface area contributed by atoms with Crippen LogP contribution in [0, 0.1) is 0 Å². The van der Waals surface area contributed by atoms with Crippen molar-refractivity contribution in [3.63, 3.8) is 0 Å². The molecule has 0 aromatic carbocycles. The molecule has 172 valence electrons. The first kappa shape index (κ1) is 27.9. The summed E-state index contributed by atoms with van der Waals surface area (Å²) in [6, 6.07) is 0. The van der Waals surface area contributed by atoms with Gasteiger partial charge in [0.05, 0.1) is 6.61 Å². The molecule has 0 aliphatic rings. The molecule has 0 heterocycles. The molecular weight excluding hydrogens is 368 g/mol. The summed E-state index contributed by atoms with van der Waals surface area (Å²) in [5.74, 6) is -0.593. The molecule has 0 aromatic rings. The Morgan fingerprint density at radius 3 is 1.62 bits per heavy atom. The molecular formula is C24H46O5. The molecule has 5 nitrogen and oxygen atoms in total. The standard InChI is InChI=1S/C24H46O5/c1-5-6-7-8-9-10-11-12-13-14-15-16-17-18-22(25)28-20-19-27-21-23(26)29-24(2,3)4/h5-21H2,1-4H3. The van der Waals surface area contributed by atoms with Gasteiger partial charge < -0.3 is 14.2 Å². The second kappa shape index (κ2) is 18.9. The maximum Gasteiger partial charge on any atom is 0.332 e. The van der Waals surface area contributed by atoms with Crippen LogP contribution in [0.1, 0.15) is 118 Å². The first-order chi connectivity index (χ1) is 13.8. The van der Waals surface area contributed by atoms with Crippen molar-refractivity contribution in [1.82, 2.24) is 0 Å². The molecule has 0 atom stereocenters. The molecule has 0 radical (unpaired) electrons. The first-order valence-corrected chi connectivity index (χ1v) is 11.8. The highest BCUT2D eigenvalue weighted by Crippen LogP contribution is 2.13. The second-order valence-corrected chi connectivity index (χ2v) is 8.85. The summed E-state index contributed by atoms with van der Waals surface area (Å²) in [6.45, 7) is 7.96. The summed E-state index contributed by atoms with van der Waals surface area (Å²) < 4.78 is 15.4. The predicted molar refractivity (Wildman–Crippen MR) is 118 cm³/mol. The number of esters is 2. The van der Waals surface area contributed by atoms with Crippen LogP contribution in [-0.4, -0.2) is 37.4 Å². The van der Waals surface area contributed by atoms with Crippen molar-refractivity contribution in [2.75, 3.05) is 19.8 Å². The van der Waals surface area contributed by atoms with Gasteiger partial charge in [-0.05, 0) is 27.2 Å². The van der Waals surface area contributed by atoms with Crippen LogP contribution in [0.15, 0.2) is 0 Å². The summed E-state index contributed by atoms with van der Waals surface area (Å²) in [7, 11) is 0. The van der Waals surface area contributed by atoms with E-state index in [9.17, 15) is 9.59 Å². The van der Waals surface area contributed by atoms with E-state index >= 15 is 0 Å². The molecule has 5 heteroatoms. The van der Waals surface area contributed by atoms with Crippen molar-refractivity contribution in [2.45, 2.75) is 123 Å². The summed E-state index contributed by atoms with van der Waals surface area (Å²) in [5.41, 5.74) is -0.513. The number of ether oxygens (including phenoxy) is 3. The Morgan fingerprint density at radius 1 is 0.655 bits per heavy atom. The zero-order valence-corrected chi connectivity index (χ0v) is 19.6. The normalized spacial score (nSPS) is 11.4. The van der Waals surface area contributed by atoms with Gasteiger partial charge in [0.1, 0.15) is 18.8 Å². The van der Waals surface area contributed by atoms with E-state index in [0.717, 1.165) is 12.8 Å². The van der Waals surface area contributed by atoms with Crippen LogP contribution >= 0.6 is 0 Å². The fourth-order valence-electron chi connectivity index (χ4n) is 3.10. The highest BCUT2D eigenvalue weighted by atomic mass is 16.6. The zero-order valence-electron chi connectivity index (χ0n) is 19.6. The molecule has 0 saturated carbocycles. The molecule has 0 aliphatic carbocycles. The van der Waals surface area contributed by atoms with Crippen molar-refractivity contribution in [2.24, 2.45) is 0 Å². The van der Waals surface area contributed by atoms with E-state index in [1.807, 2.05) is 20.8 Å². The predicted octanol–water partition coefficient (Wildman–Crippen LogP) is 6.37. The molecule has 0 rings (SSSR count). The molecule has 29 heavy (non-hydrogen) atoms. The second-order valence-electron chi connectivity index (χ2n) is 8.85.